The van der Waals surface area contributed by atoms with Crippen molar-refractivity contribution < 1.29 is 27.5 Å². The van der Waals surface area contributed by atoms with Crippen LogP contribution in [0.5, 0.6) is 5.75 Å². The molecule has 2 fully saturated rings. The molecule has 2 amide bonds. The Kier molecular flexibility index (Phi) is 9.11. The lowest BCUT2D eigenvalue weighted by Gasteiger charge is -2.55. The number of nitrogens with zero attached hydrogens (tertiary/aromatic N) is 1. The van der Waals surface area contributed by atoms with Gasteiger partial charge in [0, 0.05) is 41.6 Å². The van der Waals surface area contributed by atoms with Crippen molar-refractivity contribution >= 4 is 39.1 Å². The molecule has 256 valence electrons. The quantitative estimate of drug-likeness (QED) is 0.383. The second-order valence-corrected chi connectivity index (χ2v) is 17.3. The molecule has 1 aromatic rings. The molecule has 0 radical (unpaired) electrons. The number of hydrogen-bond acceptors (Lipinski definition) is 7. The van der Waals surface area contributed by atoms with Gasteiger partial charge in [0.1, 0.15) is 5.75 Å². The van der Waals surface area contributed by atoms with Gasteiger partial charge in [-0.3, -0.25) is 9.59 Å². The van der Waals surface area contributed by atoms with Crippen molar-refractivity contribution in [3.63, 3.8) is 0 Å². The fourth-order valence-corrected chi connectivity index (χ4v) is 10.3. The minimum Gasteiger partial charge on any atom is -0.491 e. The van der Waals surface area contributed by atoms with E-state index in [1.54, 1.807) is 32.2 Å². The Morgan fingerprint density at radius 2 is 2.04 bits per heavy atom. The number of halogens is 1. The maximum atomic E-state index is 13.5. The molecule has 2 saturated carbocycles. The van der Waals surface area contributed by atoms with Crippen LogP contribution in [0.1, 0.15) is 82.5 Å². The third kappa shape index (κ3) is 6.03. The molecule has 3 aliphatic carbocycles. The second-order valence-electron chi connectivity index (χ2n) is 14.8. The van der Waals surface area contributed by atoms with Crippen molar-refractivity contribution in [3.05, 3.63) is 58.7 Å². The Labute approximate surface area is 284 Å². The van der Waals surface area contributed by atoms with Gasteiger partial charge >= 0.3 is 0 Å². The maximum absolute atomic E-state index is 13.5. The number of carbonyl (C=O) groups excluding carboxylic acids is 2. The zero-order chi connectivity index (χ0) is 33.8. The Morgan fingerprint density at radius 3 is 2.74 bits per heavy atom. The lowest BCUT2D eigenvalue weighted by Crippen LogP contribution is -2.56. The predicted molar refractivity (Wildman–Crippen MR) is 184 cm³/mol. The molecule has 1 spiro atoms. The average molecular weight is 686 g/mol. The smallest absolute Gasteiger partial charge is 0.264 e. The number of ether oxygens (including phenoxy) is 2. The summed E-state index contributed by atoms with van der Waals surface area (Å²) in [5.74, 6) is -0.548. The number of nitrogens with one attached hydrogen (secondary N) is 1. The second kappa shape index (κ2) is 12.6. The van der Waals surface area contributed by atoms with Gasteiger partial charge < -0.3 is 20.1 Å². The van der Waals surface area contributed by atoms with Crippen LogP contribution in [0.25, 0.3) is 0 Å². The molecule has 6 rings (SSSR count). The first-order valence-electron chi connectivity index (χ1n) is 16.9. The van der Waals surface area contributed by atoms with Crippen LogP contribution in [-0.2, 0) is 19.6 Å². The van der Waals surface area contributed by atoms with E-state index in [4.69, 9.17) is 26.8 Å². The van der Waals surface area contributed by atoms with Gasteiger partial charge in [-0.15, -0.1) is 0 Å². The molecule has 2 bridgehead atoms. The van der Waals surface area contributed by atoms with Crippen molar-refractivity contribution in [2.24, 2.45) is 34.3 Å². The SMILES string of the molecule is CO[C@@]1(CC(N)=O)/C=C/C[C@H](C)[C@@H](C)S(=O)(=O)NC(=O)c2ccc3c(c2)N(C[C@@H]2CC[C@H]21)C[C@@]1(CCCC2=CC(Cl)=CCC21C)CO3. The summed E-state index contributed by atoms with van der Waals surface area (Å²) < 4.78 is 42.0. The topological polar surface area (TPSA) is 128 Å². The Bertz CT molecular complexity index is 1640. The molecule has 2 heterocycles. The number of nitrogens with two attached hydrogens (primary N) is 1. The van der Waals surface area contributed by atoms with E-state index < -0.39 is 32.7 Å². The number of allylic oxidation sites excluding steroid dienone is 5. The number of anilines is 1. The molecule has 1 aromatic carbocycles. The highest BCUT2D eigenvalue weighted by molar-refractivity contribution is 7.90. The van der Waals surface area contributed by atoms with E-state index >= 15 is 0 Å². The van der Waals surface area contributed by atoms with E-state index in [1.165, 1.54) is 5.57 Å². The highest BCUT2D eigenvalue weighted by Crippen LogP contribution is 2.60. The molecular formula is C36H48ClN3O6S. The van der Waals surface area contributed by atoms with Gasteiger partial charge in [-0.2, -0.15) is 0 Å². The Morgan fingerprint density at radius 1 is 1.26 bits per heavy atom. The van der Waals surface area contributed by atoms with E-state index in [1.807, 2.05) is 19.1 Å². The molecule has 0 saturated heterocycles. The van der Waals surface area contributed by atoms with Crippen molar-refractivity contribution in [1.82, 2.24) is 4.72 Å². The molecule has 47 heavy (non-hydrogen) atoms. The highest BCUT2D eigenvalue weighted by atomic mass is 35.5. The highest BCUT2D eigenvalue weighted by Gasteiger charge is 2.56. The minimum atomic E-state index is -3.99. The van der Waals surface area contributed by atoms with Crippen LogP contribution in [0, 0.1) is 28.6 Å². The molecule has 1 unspecified atom stereocenters. The number of fused-ring (bicyclic) bond motifs is 4. The standard InChI is InChI=1S/C36H48ClN3O6S/c1-23-7-5-15-36(45-4,19-32(38)41)29-11-9-26(29)20-40-21-35(14-6-8-27-18-28(37)13-16-34(27,35)3)22-46-31-12-10-25(17-30(31)40)33(42)39-47(43,44)24(23)2/h5,10,12-13,15,17-18,23-24,26,29H,6-9,11,14,16,19-22H2,1-4H3,(H2,38,41)(H,39,42)/b15-5+/t23-,24+,26-,29+,34?,35-,36+/m0/s1. The van der Waals surface area contributed by atoms with Crippen molar-refractivity contribution in [2.45, 2.75) is 83.0 Å². The van der Waals surface area contributed by atoms with Crippen LogP contribution < -0.4 is 20.1 Å². The van der Waals surface area contributed by atoms with E-state index in [0.29, 0.717) is 31.9 Å². The van der Waals surface area contributed by atoms with Crippen molar-refractivity contribution in [3.8, 4) is 5.75 Å². The zero-order valence-electron chi connectivity index (χ0n) is 27.9. The first-order chi connectivity index (χ1) is 22.2. The monoisotopic (exact) mass is 685 g/mol. The number of primary amides is 1. The summed E-state index contributed by atoms with van der Waals surface area (Å²) in [7, 11) is -2.37. The zero-order valence-corrected chi connectivity index (χ0v) is 29.5. The summed E-state index contributed by atoms with van der Waals surface area (Å²) in [6, 6.07) is 5.22. The van der Waals surface area contributed by atoms with Gasteiger partial charge in [-0.05, 0) is 93.9 Å². The normalized spacial score (nSPS) is 37.5. The number of amides is 2. The first-order valence-corrected chi connectivity index (χ1v) is 18.8. The molecule has 0 aromatic heterocycles. The van der Waals surface area contributed by atoms with Crippen LogP contribution in [0.2, 0.25) is 0 Å². The van der Waals surface area contributed by atoms with Crippen LogP contribution in [0.4, 0.5) is 5.69 Å². The Hall–Kier alpha value is -2.82. The third-order valence-corrected chi connectivity index (χ3v) is 14.5. The molecule has 9 nitrogen and oxygen atoms in total. The van der Waals surface area contributed by atoms with Gasteiger partial charge in [0.25, 0.3) is 5.91 Å². The maximum Gasteiger partial charge on any atom is 0.264 e. The lowest BCUT2D eigenvalue weighted by atomic mass is 9.52. The summed E-state index contributed by atoms with van der Waals surface area (Å²) in [4.78, 5) is 28.3. The molecule has 11 heteroatoms. The first kappa shape index (κ1) is 34.1. The summed E-state index contributed by atoms with van der Waals surface area (Å²) >= 11 is 6.53. The summed E-state index contributed by atoms with van der Waals surface area (Å²) in [6.07, 6.45) is 14.2. The fraction of sp³-hybridized carbons (Fsp3) is 0.611. The average Bonchev–Trinajstić information content (AvgIpc) is 3.16. The van der Waals surface area contributed by atoms with Crippen LogP contribution in [0.3, 0.4) is 0 Å². The van der Waals surface area contributed by atoms with E-state index in [9.17, 15) is 18.0 Å². The minimum absolute atomic E-state index is 0.0180. The number of rotatable bonds is 3. The van der Waals surface area contributed by atoms with Crippen LogP contribution >= 0.6 is 11.6 Å². The van der Waals surface area contributed by atoms with Crippen LogP contribution in [0.15, 0.2) is 53.1 Å². The Balaban J connectivity index is 1.46. The van der Waals surface area contributed by atoms with Gasteiger partial charge in [0.05, 0.1) is 29.6 Å². The van der Waals surface area contributed by atoms with E-state index in [-0.39, 0.29) is 40.6 Å². The summed E-state index contributed by atoms with van der Waals surface area (Å²) in [6.45, 7) is 7.63. The molecule has 7 atom stereocenters. The fourth-order valence-electron chi connectivity index (χ4n) is 8.86. The van der Waals surface area contributed by atoms with E-state index in [0.717, 1.165) is 49.2 Å². The number of methoxy groups -OCH3 is 1. The van der Waals surface area contributed by atoms with Gasteiger partial charge in [-0.1, -0.05) is 49.2 Å². The third-order valence-electron chi connectivity index (χ3n) is 12.3. The van der Waals surface area contributed by atoms with Gasteiger partial charge in [0.2, 0.25) is 15.9 Å². The molecule has 5 aliphatic rings. The number of carbonyl (C=O) groups is 2. The summed E-state index contributed by atoms with van der Waals surface area (Å²) in [5.41, 5.74) is 6.87. The number of benzene rings is 1. The molecule has 2 aliphatic heterocycles. The van der Waals surface area contributed by atoms with Crippen molar-refractivity contribution in [2.75, 3.05) is 31.7 Å². The van der Waals surface area contributed by atoms with Crippen molar-refractivity contribution in [1.29, 1.82) is 0 Å². The van der Waals surface area contributed by atoms with Gasteiger partial charge in [-0.25, -0.2) is 13.1 Å². The molecular weight excluding hydrogens is 638 g/mol. The number of hydrogen-bond donors (Lipinski definition) is 2. The molecule has 3 N–H and O–H groups in total. The van der Waals surface area contributed by atoms with E-state index in [2.05, 4.69) is 28.7 Å². The predicted octanol–water partition coefficient (Wildman–Crippen LogP) is 5.85. The summed E-state index contributed by atoms with van der Waals surface area (Å²) in [5, 5.41) is -0.0659. The lowest BCUT2D eigenvalue weighted by molar-refractivity contribution is -0.130. The number of sulfonamides is 1. The van der Waals surface area contributed by atoms with Gasteiger partial charge in [0.15, 0.2) is 0 Å². The van der Waals surface area contributed by atoms with Crippen LogP contribution in [-0.4, -0.2) is 57.9 Å². The largest absolute Gasteiger partial charge is 0.491 e.